The first-order chi connectivity index (χ1) is 13.5. The van der Waals surface area contributed by atoms with Crippen LogP contribution in [0.15, 0.2) is 40.6 Å². The Morgan fingerprint density at radius 3 is 2.72 bits per heavy atom. The van der Waals surface area contributed by atoms with Crippen LogP contribution in [0.4, 0.5) is 19.0 Å². The molecular formula is C21H30F3N5. The maximum absolute atomic E-state index is 12.9. The van der Waals surface area contributed by atoms with Crippen molar-refractivity contribution in [2.75, 3.05) is 25.5 Å². The summed E-state index contributed by atoms with van der Waals surface area (Å²) in [5.74, 6) is 1.78. The van der Waals surface area contributed by atoms with Gasteiger partial charge < -0.3 is 10.2 Å². The summed E-state index contributed by atoms with van der Waals surface area (Å²) >= 11 is 0. The molecule has 29 heavy (non-hydrogen) atoms. The standard InChI is InChI=1S/C21H30F3N5/c1-14(2)11-20(26-15(3)17-7-6-10-29(5)13-17)28-16(4)27-19-12-18(8-9-25-19)21(22,23)24/h8-9,12,14,17H,3,6-7,10-11,13H2,1-2,4-5H3,(H,25,26,27,28). The lowest BCUT2D eigenvalue weighted by Crippen LogP contribution is -2.32. The van der Waals surface area contributed by atoms with Crippen LogP contribution in [0, 0.1) is 11.8 Å². The van der Waals surface area contributed by atoms with E-state index in [0.717, 1.165) is 50.0 Å². The minimum Gasteiger partial charge on any atom is -0.329 e. The number of rotatable bonds is 5. The van der Waals surface area contributed by atoms with E-state index in [2.05, 4.69) is 52.7 Å². The monoisotopic (exact) mass is 409 g/mol. The molecule has 0 radical (unpaired) electrons. The molecule has 0 bridgehead atoms. The maximum Gasteiger partial charge on any atom is 0.416 e. The lowest BCUT2D eigenvalue weighted by atomic mass is 9.96. The molecule has 1 N–H and O–H groups in total. The highest BCUT2D eigenvalue weighted by Crippen LogP contribution is 2.30. The van der Waals surface area contributed by atoms with Gasteiger partial charge in [0.1, 0.15) is 17.5 Å². The predicted molar refractivity (Wildman–Crippen MR) is 112 cm³/mol. The van der Waals surface area contributed by atoms with Gasteiger partial charge in [-0.15, -0.1) is 0 Å². The summed E-state index contributed by atoms with van der Waals surface area (Å²) in [7, 11) is 2.09. The number of anilines is 1. The Morgan fingerprint density at radius 1 is 1.38 bits per heavy atom. The van der Waals surface area contributed by atoms with Crippen LogP contribution in [0.5, 0.6) is 0 Å². The minimum absolute atomic E-state index is 0.0951. The van der Waals surface area contributed by atoms with E-state index in [1.807, 2.05) is 0 Å². The predicted octanol–water partition coefficient (Wildman–Crippen LogP) is 5.23. The first kappa shape index (κ1) is 23.1. The van der Waals surface area contributed by atoms with Gasteiger partial charge >= 0.3 is 6.18 Å². The smallest absolute Gasteiger partial charge is 0.329 e. The molecule has 2 rings (SSSR count). The van der Waals surface area contributed by atoms with E-state index in [9.17, 15) is 13.2 Å². The number of alkyl halides is 3. The molecular weight excluding hydrogens is 379 g/mol. The summed E-state index contributed by atoms with van der Waals surface area (Å²) in [4.78, 5) is 15.4. The average molecular weight is 410 g/mol. The Morgan fingerprint density at radius 2 is 2.10 bits per heavy atom. The van der Waals surface area contributed by atoms with Crippen molar-refractivity contribution >= 4 is 17.5 Å². The van der Waals surface area contributed by atoms with Gasteiger partial charge in [-0.2, -0.15) is 13.2 Å². The van der Waals surface area contributed by atoms with Crippen LogP contribution >= 0.6 is 0 Å². The number of pyridine rings is 1. The summed E-state index contributed by atoms with van der Waals surface area (Å²) in [5, 5.41) is 2.84. The zero-order valence-corrected chi connectivity index (χ0v) is 17.6. The van der Waals surface area contributed by atoms with Crippen molar-refractivity contribution in [1.82, 2.24) is 9.88 Å². The third-order valence-corrected chi connectivity index (χ3v) is 4.65. The van der Waals surface area contributed by atoms with E-state index >= 15 is 0 Å². The van der Waals surface area contributed by atoms with Gasteiger partial charge in [-0.25, -0.2) is 15.0 Å². The molecule has 1 unspecified atom stereocenters. The van der Waals surface area contributed by atoms with Crippen LogP contribution < -0.4 is 5.32 Å². The van der Waals surface area contributed by atoms with E-state index in [-0.39, 0.29) is 5.82 Å². The van der Waals surface area contributed by atoms with Crippen LogP contribution in [0.2, 0.25) is 0 Å². The second-order valence-corrected chi connectivity index (χ2v) is 7.97. The number of nitrogens with one attached hydrogen (secondary N) is 1. The molecule has 1 aromatic rings. The number of aromatic nitrogens is 1. The number of amidine groups is 2. The van der Waals surface area contributed by atoms with Crippen LogP contribution in [0.25, 0.3) is 0 Å². The lowest BCUT2D eigenvalue weighted by Gasteiger charge is -2.29. The fourth-order valence-electron chi connectivity index (χ4n) is 3.26. The van der Waals surface area contributed by atoms with E-state index in [1.165, 1.54) is 0 Å². The number of halogens is 3. The molecule has 160 valence electrons. The fourth-order valence-corrected chi connectivity index (χ4v) is 3.26. The molecule has 1 atom stereocenters. The summed E-state index contributed by atoms with van der Waals surface area (Å²) < 4.78 is 38.7. The number of nitrogens with zero attached hydrogens (tertiary/aromatic N) is 4. The number of likely N-dealkylation sites (tertiary alicyclic amines) is 1. The van der Waals surface area contributed by atoms with Crippen molar-refractivity contribution in [3.8, 4) is 0 Å². The molecule has 1 aliphatic rings. The third-order valence-electron chi connectivity index (χ3n) is 4.65. The Balaban J connectivity index is 2.17. The van der Waals surface area contributed by atoms with Crippen molar-refractivity contribution in [2.24, 2.45) is 21.8 Å². The summed E-state index contributed by atoms with van der Waals surface area (Å²) in [6.45, 7) is 12.0. The topological polar surface area (TPSA) is 52.9 Å². The highest BCUT2D eigenvalue weighted by molar-refractivity contribution is 6.02. The number of aliphatic imine (C=N–C) groups is 2. The Labute approximate surface area is 170 Å². The number of hydrogen-bond donors (Lipinski definition) is 1. The number of piperidine rings is 1. The lowest BCUT2D eigenvalue weighted by molar-refractivity contribution is -0.137. The van der Waals surface area contributed by atoms with E-state index in [0.29, 0.717) is 29.9 Å². The van der Waals surface area contributed by atoms with Crippen molar-refractivity contribution < 1.29 is 13.2 Å². The molecule has 0 aliphatic carbocycles. The average Bonchev–Trinajstić information content (AvgIpc) is 2.60. The van der Waals surface area contributed by atoms with Gasteiger partial charge in [0.05, 0.1) is 5.56 Å². The third kappa shape index (κ3) is 7.61. The molecule has 5 nitrogen and oxygen atoms in total. The van der Waals surface area contributed by atoms with Gasteiger partial charge in [0, 0.05) is 30.8 Å². The van der Waals surface area contributed by atoms with Crippen molar-refractivity contribution in [2.45, 2.75) is 46.2 Å². The van der Waals surface area contributed by atoms with Crippen LogP contribution in [0.1, 0.15) is 45.6 Å². The van der Waals surface area contributed by atoms with Crippen molar-refractivity contribution in [3.05, 3.63) is 36.2 Å². The molecule has 1 saturated heterocycles. The summed E-state index contributed by atoms with van der Waals surface area (Å²) in [6, 6.07) is 1.91. The van der Waals surface area contributed by atoms with Gasteiger partial charge in [0.15, 0.2) is 0 Å². The Kier molecular flexibility index (Phi) is 7.96. The Bertz CT molecular complexity index is 768. The van der Waals surface area contributed by atoms with Crippen molar-refractivity contribution in [3.63, 3.8) is 0 Å². The molecule has 1 fully saturated rings. The summed E-state index contributed by atoms with van der Waals surface area (Å²) in [6.07, 6.45) is -0.476. The van der Waals surface area contributed by atoms with Gasteiger partial charge in [-0.3, -0.25) is 0 Å². The summed E-state index contributed by atoms with van der Waals surface area (Å²) in [5.41, 5.74) is 0.0506. The quantitative estimate of drug-likeness (QED) is 0.535. The minimum atomic E-state index is -4.42. The highest BCUT2D eigenvalue weighted by Gasteiger charge is 2.30. The Hall–Kier alpha value is -2.22. The molecule has 8 heteroatoms. The molecule has 2 heterocycles. The van der Waals surface area contributed by atoms with Crippen LogP contribution in [-0.4, -0.2) is 41.7 Å². The first-order valence-electron chi connectivity index (χ1n) is 9.85. The van der Waals surface area contributed by atoms with E-state index in [4.69, 9.17) is 0 Å². The van der Waals surface area contributed by atoms with Gasteiger partial charge in [-0.1, -0.05) is 20.4 Å². The second-order valence-electron chi connectivity index (χ2n) is 7.97. The molecule has 1 aliphatic heterocycles. The largest absolute Gasteiger partial charge is 0.416 e. The highest BCUT2D eigenvalue weighted by atomic mass is 19.4. The SMILES string of the molecule is C=C(/N=C(CC(C)C)\N=C(/C)Nc1cc(C(F)(F)F)ccn1)C1CCCN(C)C1. The first-order valence-corrected chi connectivity index (χ1v) is 9.85. The van der Waals surface area contributed by atoms with Gasteiger partial charge in [0.25, 0.3) is 0 Å². The molecule has 0 spiro atoms. The van der Waals surface area contributed by atoms with E-state index < -0.39 is 11.7 Å². The van der Waals surface area contributed by atoms with E-state index in [1.54, 1.807) is 6.92 Å². The molecule has 0 aromatic carbocycles. The van der Waals surface area contributed by atoms with Gasteiger partial charge in [0.2, 0.25) is 0 Å². The molecule has 1 aromatic heterocycles. The van der Waals surface area contributed by atoms with Crippen molar-refractivity contribution in [1.29, 1.82) is 0 Å². The zero-order valence-electron chi connectivity index (χ0n) is 17.6. The van der Waals surface area contributed by atoms with Crippen LogP contribution in [-0.2, 0) is 6.18 Å². The number of hydrogen-bond acceptors (Lipinski definition) is 3. The molecule has 0 amide bonds. The van der Waals surface area contributed by atoms with Gasteiger partial charge in [-0.05, 0) is 51.4 Å². The molecule has 0 saturated carbocycles. The zero-order chi connectivity index (χ0) is 21.6. The second kappa shape index (κ2) is 10.0. The maximum atomic E-state index is 12.9. The normalized spacial score (nSPS) is 19.5. The van der Waals surface area contributed by atoms with Crippen LogP contribution in [0.3, 0.4) is 0 Å². The fraction of sp³-hybridized carbons (Fsp3) is 0.571.